The first-order valence-corrected chi connectivity index (χ1v) is 9.68. The molecule has 7 heteroatoms. The SMILES string of the molecule is CN=C(NCCc1ccc2c(c1)CCO2)NCC(c1cccc(F)c1)N(C)C.I. The van der Waals surface area contributed by atoms with Crippen molar-refractivity contribution in [1.82, 2.24) is 15.5 Å². The third-order valence-corrected chi connectivity index (χ3v) is 5.00. The summed E-state index contributed by atoms with van der Waals surface area (Å²) in [5.41, 5.74) is 3.52. The molecule has 158 valence electrons. The second-order valence-electron chi connectivity index (χ2n) is 7.20. The van der Waals surface area contributed by atoms with E-state index >= 15 is 0 Å². The fourth-order valence-corrected chi connectivity index (χ4v) is 3.45. The maximum absolute atomic E-state index is 13.6. The quantitative estimate of drug-likeness (QED) is 0.340. The summed E-state index contributed by atoms with van der Waals surface area (Å²) in [5.74, 6) is 1.54. The van der Waals surface area contributed by atoms with E-state index in [0.717, 1.165) is 43.3 Å². The van der Waals surface area contributed by atoms with Crippen LogP contribution in [0.1, 0.15) is 22.7 Å². The monoisotopic (exact) mass is 512 g/mol. The van der Waals surface area contributed by atoms with Crippen LogP contribution in [0.25, 0.3) is 0 Å². The molecule has 29 heavy (non-hydrogen) atoms. The normalized spacial score (nSPS) is 14.0. The number of likely N-dealkylation sites (N-methyl/N-ethyl adjacent to an activating group) is 1. The number of hydrogen-bond donors (Lipinski definition) is 2. The summed E-state index contributed by atoms with van der Waals surface area (Å²) in [5, 5.41) is 6.71. The van der Waals surface area contributed by atoms with Crippen molar-refractivity contribution >= 4 is 29.9 Å². The van der Waals surface area contributed by atoms with Crippen LogP contribution in [0.15, 0.2) is 47.5 Å². The lowest BCUT2D eigenvalue weighted by Gasteiger charge is -2.26. The average Bonchev–Trinajstić information content (AvgIpc) is 3.14. The van der Waals surface area contributed by atoms with Gasteiger partial charge in [0.2, 0.25) is 0 Å². The van der Waals surface area contributed by atoms with Gasteiger partial charge in [0.1, 0.15) is 11.6 Å². The predicted octanol–water partition coefficient (Wildman–Crippen LogP) is 3.39. The molecule has 0 saturated carbocycles. The largest absolute Gasteiger partial charge is 0.493 e. The van der Waals surface area contributed by atoms with Crippen molar-refractivity contribution in [2.75, 3.05) is 40.8 Å². The summed E-state index contributed by atoms with van der Waals surface area (Å²) < 4.78 is 19.1. The van der Waals surface area contributed by atoms with Crippen molar-refractivity contribution in [3.63, 3.8) is 0 Å². The van der Waals surface area contributed by atoms with Gasteiger partial charge in [-0.1, -0.05) is 24.3 Å². The number of ether oxygens (including phenoxy) is 1. The van der Waals surface area contributed by atoms with Gasteiger partial charge in [-0.2, -0.15) is 0 Å². The zero-order chi connectivity index (χ0) is 19.9. The van der Waals surface area contributed by atoms with E-state index in [-0.39, 0.29) is 35.8 Å². The maximum atomic E-state index is 13.6. The van der Waals surface area contributed by atoms with Gasteiger partial charge in [-0.25, -0.2) is 4.39 Å². The second kappa shape index (κ2) is 11.3. The highest BCUT2D eigenvalue weighted by atomic mass is 127. The summed E-state index contributed by atoms with van der Waals surface area (Å²) in [4.78, 5) is 6.37. The highest BCUT2D eigenvalue weighted by molar-refractivity contribution is 14.0. The van der Waals surface area contributed by atoms with Crippen molar-refractivity contribution in [3.8, 4) is 5.75 Å². The smallest absolute Gasteiger partial charge is 0.191 e. The van der Waals surface area contributed by atoms with Gasteiger partial charge in [0, 0.05) is 26.6 Å². The van der Waals surface area contributed by atoms with Crippen LogP contribution in [-0.4, -0.2) is 51.7 Å². The molecule has 0 amide bonds. The van der Waals surface area contributed by atoms with E-state index in [0.29, 0.717) is 6.54 Å². The molecule has 1 atom stereocenters. The molecular weight excluding hydrogens is 482 g/mol. The minimum Gasteiger partial charge on any atom is -0.493 e. The van der Waals surface area contributed by atoms with Crippen molar-refractivity contribution in [3.05, 3.63) is 65.0 Å². The first kappa shape index (κ1) is 23.4. The molecule has 3 rings (SSSR count). The van der Waals surface area contributed by atoms with Crippen LogP contribution < -0.4 is 15.4 Å². The topological polar surface area (TPSA) is 48.9 Å². The van der Waals surface area contributed by atoms with Gasteiger partial charge in [0.25, 0.3) is 0 Å². The zero-order valence-electron chi connectivity index (χ0n) is 17.2. The van der Waals surface area contributed by atoms with Crippen LogP contribution in [-0.2, 0) is 12.8 Å². The number of benzene rings is 2. The molecule has 5 nitrogen and oxygen atoms in total. The number of fused-ring (bicyclic) bond motifs is 1. The van der Waals surface area contributed by atoms with Gasteiger partial charge in [-0.3, -0.25) is 4.99 Å². The van der Waals surface area contributed by atoms with Crippen LogP contribution in [0.5, 0.6) is 5.75 Å². The zero-order valence-corrected chi connectivity index (χ0v) is 19.6. The Bertz CT molecular complexity index is 828. The molecular formula is C22H30FIN4O. The van der Waals surface area contributed by atoms with E-state index in [1.54, 1.807) is 19.2 Å². The molecule has 2 N–H and O–H groups in total. The van der Waals surface area contributed by atoms with Crippen molar-refractivity contribution < 1.29 is 9.13 Å². The molecule has 0 fully saturated rings. The maximum Gasteiger partial charge on any atom is 0.191 e. The highest BCUT2D eigenvalue weighted by Gasteiger charge is 2.15. The highest BCUT2D eigenvalue weighted by Crippen LogP contribution is 2.25. The Hall–Kier alpha value is -1.87. The Morgan fingerprint density at radius 1 is 1.21 bits per heavy atom. The van der Waals surface area contributed by atoms with Crippen LogP contribution in [0.3, 0.4) is 0 Å². The molecule has 2 aromatic rings. The number of aliphatic imine (C=N–C) groups is 1. The van der Waals surface area contributed by atoms with Crippen molar-refractivity contribution in [2.45, 2.75) is 18.9 Å². The minimum absolute atomic E-state index is 0. The van der Waals surface area contributed by atoms with E-state index in [9.17, 15) is 4.39 Å². The lowest BCUT2D eigenvalue weighted by molar-refractivity contribution is 0.297. The fraction of sp³-hybridized carbons (Fsp3) is 0.409. The van der Waals surface area contributed by atoms with Gasteiger partial charge < -0.3 is 20.3 Å². The van der Waals surface area contributed by atoms with E-state index in [1.165, 1.54) is 17.2 Å². The third kappa shape index (κ3) is 6.57. The summed E-state index contributed by atoms with van der Waals surface area (Å²) in [6.07, 6.45) is 1.90. The first-order valence-electron chi connectivity index (χ1n) is 9.68. The number of hydrogen-bond acceptors (Lipinski definition) is 3. The van der Waals surface area contributed by atoms with Crippen LogP contribution in [0.2, 0.25) is 0 Å². The molecule has 0 spiro atoms. The van der Waals surface area contributed by atoms with Gasteiger partial charge in [-0.15, -0.1) is 24.0 Å². The number of rotatable bonds is 7. The molecule has 2 aromatic carbocycles. The Balaban J connectivity index is 0.00000300. The number of halogens is 2. The van der Waals surface area contributed by atoms with E-state index in [4.69, 9.17) is 4.74 Å². The summed E-state index contributed by atoms with van der Waals surface area (Å²) in [6.45, 7) is 2.20. The van der Waals surface area contributed by atoms with E-state index in [1.807, 2.05) is 20.2 Å². The average molecular weight is 512 g/mol. The van der Waals surface area contributed by atoms with Gasteiger partial charge in [-0.05, 0) is 55.4 Å². The Morgan fingerprint density at radius 2 is 2.03 bits per heavy atom. The minimum atomic E-state index is -0.216. The van der Waals surface area contributed by atoms with Gasteiger partial charge in [0.15, 0.2) is 5.96 Å². The number of nitrogens with zero attached hydrogens (tertiary/aromatic N) is 2. The lowest BCUT2D eigenvalue weighted by atomic mass is 10.1. The molecule has 0 aliphatic carbocycles. The van der Waals surface area contributed by atoms with Crippen LogP contribution >= 0.6 is 24.0 Å². The number of guanidine groups is 1. The molecule has 0 radical (unpaired) electrons. The Labute approximate surface area is 189 Å². The molecule has 1 unspecified atom stereocenters. The Kier molecular flexibility index (Phi) is 9.16. The Morgan fingerprint density at radius 3 is 2.76 bits per heavy atom. The fourth-order valence-electron chi connectivity index (χ4n) is 3.45. The second-order valence-corrected chi connectivity index (χ2v) is 7.20. The molecule has 0 aromatic heterocycles. The van der Waals surface area contributed by atoms with Gasteiger partial charge >= 0.3 is 0 Å². The summed E-state index contributed by atoms with van der Waals surface area (Å²) >= 11 is 0. The van der Waals surface area contributed by atoms with Crippen molar-refractivity contribution in [2.24, 2.45) is 4.99 Å². The molecule has 0 bridgehead atoms. The van der Waals surface area contributed by atoms with E-state index in [2.05, 4.69) is 38.7 Å². The van der Waals surface area contributed by atoms with Crippen LogP contribution in [0, 0.1) is 5.82 Å². The van der Waals surface area contributed by atoms with Gasteiger partial charge in [0.05, 0.1) is 12.6 Å². The molecule has 1 heterocycles. The summed E-state index contributed by atoms with van der Waals surface area (Å²) in [6, 6.07) is 13.2. The van der Waals surface area contributed by atoms with Crippen LogP contribution in [0.4, 0.5) is 4.39 Å². The first-order chi connectivity index (χ1) is 13.6. The molecule has 1 aliphatic heterocycles. The standard InChI is InChI=1S/C22H29FN4O.HI/c1-24-22(25-11-9-16-7-8-21-18(13-16)10-12-28-21)26-15-20(27(2)3)17-5-4-6-19(23)14-17;/h4-8,13-14,20H,9-12,15H2,1-3H3,(H2,24,25,26);1H. The predicted molar refractivity (Wildman–Crippen MR) is 127 cm³/mol. The lowest BCUT2D eigenvalue weighted by Crippen LogP contribution is -2.42. The summed E-state index contributed by atoms with van der Waals surface area (Å²) in [7, 11) is 5.74. The number of nitrogens with one attached hydrogen (secondary N) is 2. The van der Waals surface area contributed by atoms with E-state index < -0.39 is 0 Å². The molecule has 1 aliphatic rings. The third-order valence-electron chi connectivity index (χ3n) is 5.00. The van der Waals surface area contributed by atoms with Crippen molar-refractivity contribution in [1.29, 1.82) is 0 Å². The molecule has 0 saturated heterocycles.